The molecule has 0 fully saturated rings. The molecule has 0 spiro atoms. The minimum atomic E-state index is -0.619. The number of carbonyl (C=O) groups is 1. The van der Waals surface area contributed by atoms with Gasteiger partial charge < -0.3 is 16.2 Å². The Balaban J connectivity index is 2.46. The van der Waals surface area contributed by atoms with Crippen molar-refractivity contribution in [2.45, 2.75) is 26.0 Å². The van der Waals surface area contributed by atoms with Gasteiger partial charge in [0.25, 0.3) is 5.91 Å². The van der Waals surface area contributed by atoms with Gasteiger partial charge in [-0.3, -0.25) is 4.79 Å². The fourth-order valence-corrected chi connectivity index (χ4v) is 2.13. The molecule has 4 nitrogen and oxygen atoms in total. The number of carbonyl (C=O) groups excluding carboxylic acids is 1. The van der Waals surface area contributed by atoms with Crippen molar-refractivity contribution in [3.05, 3.63) is 42.0 Å². The van der Waals surface area contributed by atoms with Crippen LogP contribution in [0.25, 0.3) is 10.8 Å². The van der Waals surface area contributed by atoms with Crippen LogP contribution in [0, 0.1) is 0 Å². The van der Waals surface area contributed by atoms with Gasteiger partial charge in [0.15, 0.2) is 6.10 Å². The van der Waals surface area contributed by atoms with Gasteiger partial charge in [0.05, 0.1) is 0 Å². The summed E-state index contributed by atoms with van der Waals surface area (Å²) in [5, 5.41) is 2.14. The van der Waals surface area contributed by atoms with Crippen LogP contribution in [0.15, 0.2) is 36.4 Å². The number of benzene rings is 2. The van der Waals surface area contributed by atoms with Gasteiger partial charge in [0.2, 0.25) is 0 Å². The Morgan fingerprint density at radius 2 is 2.00 bits per heavy atom. The van der Waals surface area contributed by atoms with Crippen molar-refractivity contribution in [1.29, 1.82) is 0 Å². The summed E-state index contributed by atoms with van der Waals surface area (Å²) in [5.74, 6) is 0.172. The number of nitrogens with two attached hydrogens (primary N) is 2. The van der Waals surface area contributed by atoms with Gasteiger partial charge >= 0.3 is 0 Å². The summed E-state index contributed by atoms with van der Waals surface area (Å²) in [6.07, 6.45) is -0.0851. The highest BCUT2D eigenvalue weighted by Gasteiger charge is 2.17. The summed E-state index contributed by atoms with van der Waals surface area (Å²) >= 11 is 0. The van der Waals surface area contributed by atoms with Gasteiger partial charge in [-0.15, -0.1) is 0 Å². The van der Waals surface area contributed by atoms with E-state index in [1.165, 1.54) is 0 Å². The molecule has 0 saturated heterocycles. The van der Waals surface area contributed by atoms with Gasteiger partial charge in [-0.1, -0.05) is 37.3 Å². The Morgan fingerprint density at radius 1 is 1.26 bits per heavy atom. The van der Waals surface area contributed by atoms with Crippen LogP contribution in [-0.2, 0) is 11.3 Å². The summed E-state index contributed by atoms with van der Waals surface area (Å²) in [5.41, 5.74) is 12.0. The summed E-state index contributed by atoms with van der Waals surface area (Å²) in [7, 11) is 0. The summed E-state index contributed by atoms with van der Waals surface area (Å²) in [6.45, 7) is 2.21. The molecular formula is C15H18N2O2. The van der Waals surface area contributed by atoms with Gasteiger partial charge in [-0.2, -0.15) is 0 Å². The monoisotopic (exact) mass is 258 g/mol. The number of hydrogen-bond donors (Lipinski definition) is 2. The zero-order valence-electron chi connectivity index (χ0n) is 10.9. The quantitative estimate of drug-likeness (QED) is 0.860. The fourth-order valence-electron chi connectivity index (χ4n) is 2.13. The first-order valence-electron chi connectivity index (χ1n) is 6.34. The average molecular weight is 258 g/mol. The second-order valence-corrected chi connectivity index (χ2v) is 4.38. The molecule has 0 aliphatic heterocycles. The normalized spacial score (nSPS) is 12.3. The predicted molar refractivity (Wildman–Crippen MR) is 75.7 cm³/mol. The van der Waals surface area contributed by atoms with Gasteiger partial charge in [0.1, 0.15) is 5.75 Å². The third-order valence-corrected chi connectivity index (χ3v) is 3.16. The minimum absolute atomic E-state index is 0.353. The predicted octanol–water partition coefficient (Wildman–Crippen LogP) is 1.94. The smallest absolute Gasteiger partial charge is 0.258 e. The molecule has 2 aromatic carbocycles. The average Bonchev–Trinajstić information content (AvgIpc) is 2.43. The molecule has 0 saturated carbocycles. The number of rotatable bonds is 5. The van der Waals surface area contributed by atoms with Crippen LogP contribution in [0.1, 0.15) is 18.9 Å². The lowest BCUT2D eigenvalue weighted by atomic mass is 10.0. The molecule has 1 amide bonds. The second-order valence-electron chi connectivity index (χ2n) is 4.38. The van der Waals surface area contributed by atoms with E-state index in [0.29, 0.717) is 18.7 Å². The molecule has 2 rings (SSSR count). The highest BCUT2D eigenvalue weighted by atomic mass is 16.5. The molecule has 4 heteroatoms. The summed E-state index contributed by atoms with van der Waals surface area (Å²) in [4.78, 5) is 11.3. The van der Waals surface area contributed by atoms with E-state index in [0.717, 1.165) is 16.3 Å². The maximum Gasteiger partial charge on any atom is 0.258 e. The molecule has 0 aliphatic rings. The minimum Gasteiger partial charge on any atom is -0.480 e. The largest absolute Gasteiger partial charge is 0.480 e. The van der Waals surface area contributed by atoms with E-state index in [2.05, 4.69) is 0 Å². The maximum absolute atomic E-state index is 11.3. The van der Waals surface area contributed by atoms with Gasteiger partial charge in [-0.25, -0.2) is 0 Å². The highest BCUT2D eigenvalue weighted by molar-refractivity contribution is 5.88. The van der Waals surface area contributed by atoms with Crippen molar-refractivity contribution in [3.63, 3.8) is 0 Å². The van der Waals surface area contributed by atoms with E-state index in [-0.39, 0.29) is 0 Å². The van der Waals surface area contributed by atoms with E-state index in [1.54, 1.807) is 0 Å². The van der Waals surface area contributed by atoms with Crippen molar-refractivity contribution in [2.24, 2.45) is 11.5 Å². The molecule has 0 radical (unpaired) electrons. The van der Waals surface area contributed by atoms with E-state index < -0.39 is 12.0 Å². The fraction of sp³-hybridized carbons (Fsp3) is 0.267. The Morgan fingerprint density at radius 3 is 2.63 bits per heavy atom. The van der Waals surface area contributed by atoms with Crippen molar-refractivity contribution in [2.75, 3.05) is 0 Å². The molecule has 100 valence electrons. The molecule has 1 unspecified atom stereocenters. The third kappa shape index (κ3) is 2.69. The summed E-state index contributed by atoms with van der Waals surface area (Å²) < 4.78 is 5.70. The number of ether oxygens (including phenoxy) is 1. The SMILES string of the molecule is CCC(Oc1ccc2ccccc2c1CN)C(N)=O. The molecular weight excluding hydrogens is 240 g/mol. The first-order valence-corrected chi connectivity index (χ1v) is 6.34. The number of amides is 1. The summed E-state index contributed by atoms with van der Waals surface area (Å²) in [6, 6.07) is 11.7. The molecule has 0 heterocycles. The second kappa shape index (κ2) is 5.71. The lowest BCUT2D eigenvalue weighted by Crippen LogP contribution is -2.33. The lowest BCUT2D eigenvalue weighted by Gasteiger charge is -2.18. The number of fused-ring (bicyclic) bond motifs is 1. The van der Waals surface area contributed by atoms with Crippen molar-refractivity contribution in [3.8, 4) is 5.75 Å². The number of primary amides is 1. The number of hydrogen-bond acceptors (Lipinski definition) is 3. The highest BCUT2D eigenvalue weighted by Crippen LogP contribution is 2.28. The molecule has 19 heavy (non-hydrogen) atoms. The van der Waals surface area contributed by atoms with Crippen molar-refractivity contribution < 1.29 is 9.53 Å². The van der Waals surface area contributed by atoms with Gasteiger partial charge in [0, 0.05) is 12.1 Å². The Hall–Kier alpha value is -2.07. The van der Waals surface area contributed by atoms with Crippen molar-refractivity contribution in [1.82, 2.24) is 0 Å². The lowest BCUT2D eigenvalue weighted by molar-refractivity contribution is -0.124. The molecule has 1 atom stereocenters. The van der Waals surface area contributed by atoms with Crippen LogP contribution in [-0.4, -0.2) is 12.0 Å². The molecule has 0 bridgehead atoms. The van der Waals surface area contributed by atoms with Crippen LogP contribution in [0.3, 0.4) is 0 Å². The standard InChI is InChI=1S/C15H18N2O2/c1-2-13(15(17)18)19-14-8-7-10-5-3-4-6-11(10)12(14)9-16/h3-8,13H,2,9,16H2,1H3,(H2,17,18). The van der Waals surface area contributed by atoms with E-state index in [9.17, 15) is 4.79 Å². The third-order valence-electron chi connectivity index (χ3n) is 3.16. The van der Waals surface area contributed by atoms with Crippen LogP contribution in [0.5, 0.6) is 5.75 Å². The Bertz CT molecular complexity index is 596. The Labute approximate surface area is 112 Å². The van der Waals surface area contributed by atoms with E-state index in [1.807, 2.05) is 43.3 Å². The topological polar surface area (TPSA) is 78.3 Å². The first-order chi connectivity index (χ1) is 9.17. The van der Waals surface area contributed by atoms with Crippen LogP contribution in [0.2, 0.25) is 0 Å². The first kappa shape index (κ1) is 13.4. The molecule has 2 aromatic rings. The van der Waals surface area contributed by atoms with Crippen LogP contribution < -0.4 is 16.2 Å². The van der Waals surface area contributed by atoms with Crippen LogP contribution >= 0.6 is 0 Å². The molecule has 4 N–H and O–H groups in total. The molecule has 0 aliphatic carbocycles. The van der Waals surface area contributed by atoms with E-state index >= 15 is 0 Å². The zero-order chi connectivity index (χ0) is 13.8. The zero-order valence-corrected chi connectivity index (χ0v) is 10.9. The Kier molecular flexibility index (Phi) is 4.02. The maximum atomic E-state index is 11.3. The van der Waals surface area contributed by atoms with Crippen LogP contribution in [0.4, 0.5) is 0 Å². The van der Waals surface area contributed by atoms with Gasteiger partial charge in [-0.05, 0) is 23.3 Å². The molecule has 0 aromatic heterocycles. The van der Waals surface area contributed by atoms with Crippen molar-refractivity contribution >= 4 is 16.7 Å². The van der Waals surface area contributed by atoms with E-state index in [4.69, 9.17) is 16.2 Å².